The fourth-order valence-corrected chi connectivity index (χ4v) is 2.27. The van der Waals surface area contributed by atoms with Crippen molar-refractivity contribution >= 4 is 6.21 Å². The molecule has 2 N–H and O–H groups in total. The van der Waals surface area contributed by atoms with Crippen LogP contribution in [0.1, 0.15) is 54.4 Å². The second-order valence-electron chi connectivity index (χ2n) is 4.80. The molecule has 1 atom stereocenters. The molecule has 0 saturated carbocycles. The van der Waals surface area contributed by atoms with E-state index >= 15 is 0 Å². The molecule has 0 fully saturated rings. The van der Waals surface area contributed by atoms with E-state index in [1.807, 2.05) is 27.0 Å². The number of hydrogen-bond acceptors (Lipinski definition) is 2. The number of aliphatic imine (C=N–C) groups is 1. The Morgan fingerprint density at radius 1 is 1.42 bits per heavy atom. The minimum absolute atomic E-state index is 0.406. The van der Waals surface area contributed by atoms with Gasteiger partial charge in [0.2, 0.25) is 0 Å². The first-order valence-electron chi connectivity index (χ1n) is 7.32. The second-order valence-corrected chi connectivity index (χ2v) is 4.80. The normalized spacial score (nSPS) is 20.9. The van der Waals surface area contributed by atoms with Crippen LogP contribution in [0, 0.1) is 5.92 Å². The van der Waals surface area contributed by atoms with E-state index < -0.39 is 0 Å². The fourth-order valence-electron chi connectivity index (χ4n) is 2.27. The standard InChI is InChI=1S/C15H24N2.C2H6/c1-5-17-15(13(4)10-16)14-7-6-11(2)8-12(3)9-14;1-2/h5,8-9,14H,6-7,10,16H2,1-4H3;1-2H3/b15-13-,17-5?;. The summed E-state index contributed by atoms with van der Waals surface area (Å²) in [5.41, 5.74) is 10.9. The number of rotatable bonds is 3. The number of nitrogens with two attached hydrogens (primary N) is 1. The molecular weight excluding hydrogens is 232 g/mol. The minimum Gasteiger partial charge on any atom is -0.327 e. The van der Waals surface area contributed by atoms with Crippen LogP contribution >= 0.6 is 0 Å². The summed E-state index contributed by atoms with van der Waals surface area (Å²) in [4.78, 5) is 4.53. The summed E-state index contributed by atoms with van der Waals surface area (Å²) < 4.78 is 0. The van der Waals surface area contributed by atoms with Crippen LogP contribution in [0.3, 0.4) is 0 Å². The van der Waals surface area contributed by atoms with Crippen molar-refractivity contribution in [3.8, 4) is 0 Å². The molecule has 1 aliphatic rings. The number of nitrogens with zero attached hydrogens (tertiary/aromatic N) is 1. The molecule has 19 heavy (non-hydrogen) atoms. The zero-order valence-electron chi connectivity index (χ0n) is 13.5. The van der Waals surface area contributed by atoms with Gasteiger partial charge in [0.25, 0.3) is 0 Å². The predicted octanol–water partition coefficient (Wildman–Crippen LogP) is 4.64. The Bertz CT molecular complexity index is 384. The maximum absolute atomic E-state index is 5.75. The fraction of sp³-hybridized carbons (Fsp3) is 0.588. The summed E-state index contributed by atoms with van der Waals surface area (Å²) in [5.74, 6) is 0.406. The van der Waals surface area contributed by atoms with Gasteiger partial charge in [-0.1, -0.05) is 37.1 Å². The van der Waals surface area contributed by atoms with Crippen molar-refractivity contribution in [1.82, 2.24) is 0 Å². The van der Waals surface area contributed by atoms with Gasteiger partial charge >= 0.3 is 0 Å². The molecule has 2 heteroatoms. The van der Waals surface area contributed by atoms with E-state index in [4.69, 9.17) is 5.73 Å². The summed E-state index contributed by atoms with van der Waals surface area (Å²) in [7, 11) is 0. The first-order valence-corrected chi connectivity index (χ1v) is 7.32. The number of hydrogen-bond donors (Lipinski definition) is 1. The minimum atomic E-state index is 0.406. The lowest BCUT2D eigenvalue weighted by Gasteiger charge is -2.15. The molecule has 0 aliphatic heterocycles. The highest BCUT2D eigenvalue weighted by atomic mass is 14.7. The average molecular weight is 262 g/mol. The molecule has 1 unspecified atom stereocenters. The largest absolute Gasteiger partial charge is 0.327 e. The third-order valence-electron chi connectivity index (χ3n) is 3.15. The number of allylic oxidation sites excluding steroid dienone is 4. The average Bonchev–Trinajstić information content (AvgIpc) is 2.58. The van der Waals surface area contributed by atoms with Crippen molar-refractivity contribution < 1.29 is 0 Å². The molecule has 2 nitrogen and oxygen atoms in total. The van der Waals surface area contributed by atoms with Crippen molar-refractivity contribution in [3.05, 3.63) is 34.6 Å². The topological polar surface area (TPSA) is 38.4 Å². The van der Waals surface area contributed by atoms with Crippen molar-refractivity contribution in [1.29, 1.82) is 0 Å². The predicted molar refractivity (Wildman–Crippen MR) is 87.5 cm³/mol. The summed E-state index contributed by atoms with van der Waals surface area (Å²) >= 11 is 0. The molecule has 0 heterocycles. The van der Waals surface area contributed by atoms with Crippen molar-refractivity contribution in [2.75, 3.05) is 6.54 Å². The van der Waals surface area contributed by atoms with E-state index in [1.54, 1.807) is 0 Å². The van der Waals surface area contributed by atoms with Gasteiger partial charge in [0.1, 0.15) is 0 Å². The van der Waals surface area contributed by atoms with Crippen molar-refractivity contribution in [3.63, 3.8) is 0 Å². The zero-order valence-corrected chi connectivity index (χ0v) is 13.5. The Morgan fingerprint density at radius 3 is 2.58 bits per heavy atom. The highest BCUT2D eigenvalue weighted by Gasteiger charge is 2.15. The third-order valence-corrected chi connectivity index (χ3v) is 3.15. The zero-order chi connectivity index (χ0) is 14.8. The van der Waals surface area contributed by atoms with Gasteiger partial charge in [-0.05, 0) is 46.1 Å². The van der Waals surface area contributed by atoms with Gasteiger partial charge in [-0.25, -0.2) is 0 Å². The van der Waals surface area contributed by atoms with E-state index in [-0.39, 0.29) is 0 Å². The lowest BCUT2D eigenvalue weighted by atomic mass is 9.95. The van der Waals surface area contributed by atoms with Gasteiger partial charge in [0.15, 0.2) is 0 Å². The van der Waals surface area contributed by atoms with Crippen LogP contribution in [0.2, 0.25) is 0 Å². The molecule has 0 aromatic carbocycles. The molecule has 0 aromatic heterocycles. The summed E-state index contributed by atoms with van der Waals surface area (Å²) in [6.45, 7) is 13.0. The Morgan fingerprint density at radius 2 is 2.05 bits per heavy atom. The summed E-state index contributed by atoms with van der Waals surface area (Å²) in [6, 6.07) is 0. The molecule has 1 rings (SSSR count). The maximum Gasteiger partial charge on any atom is 0.0470 e. The Hall–Kier alpha value is -1.15. The van der Waals surface area contributed by atoms with Crippen LogP contribution in [0.15, 0.2) is 39.6 Å². The van der Waals surface area contributed by atoms with Crippen LogP contribution < -0.4 is 5.73 Å². The van der Waals surface area contributed by atoms with E-state index in [0.717, 1.165) is 18.5 Å². The lowest BCUT2D eigenvalue weighted by molar-refractivity contribution is 0.658. The summed E-state index contributed by atoms with van der Waals surface area (Å²) in [5, 5.41) is 0. The van der Waals surface area contributed by atoms with Crippen molar-refractivity contribution in [2.24, 2.45) is 16.6 Å². The second kappa shape index (κ2) is 9.74. The van der Waals surface area contributed by atoms with Crippen LogP contribution in [-0.2, 0) is 0 Å². The molecular formula is C17H30N2. The van der Waals surface area contributed by atoms with Crippen LogP contribution in [0.4, 0.5) is 0 Å². The molecule has 0 amide bonds. The first-order chi connectivity index (χ1) is 9.08. The van der Waals surface area contributed by atoms with Crippen LogP contribution in [0.25, 0.3) is 0 Å². The maximum atomic E-state index is 5.75. The van der Waals surface area contributed by atoms with Crippen LogP contribution in [0.5, 0.6) is 0 Å². The third kappa shape index (κ3) is 6.02. The van der Waals surface area contributed by atoms with Gasteiger partial charge in [-0.3, -0.25) is 4.99 Å². The Balaban J connectivity index is 0.00000154. The quantitative estimate of drug-likeness (QED) is 0.739. The van der Waals surface area contributed by atoms with Gasteiger partial charge < -0.3 is 5.73 Å². The lowest BCUT2D eigenvalue weighted by Crippen LogP contribution is -2.09. The highest BCUT2D eigenvalue weighted by molar-refractivity contribution is 5.56. The van der Waals surface area contributed by atoms with E-state index in [0.29, 0.717) is 12.5 Å². The molecule has 108 valence electrons. The van der Waals surface area contributed by atoms with Gasteiger partial charge in [-0.15, -0.1) is 0 Å². The van der Waals surface area contributed by atoms with Gasteiger partial charge in [0, 0.05) is 24.4 Å². The monoisotopic (exact) mass is 262 g/mol. The molecule has 0 spiro atoms. The van der Waals surface area contributed by atoms with Crippen LogP contribution in [-0.4, -0.2) is 12.8 Å². The summed E-state index contributed by atoms with van der Waals surface area (Å²) in [6.07, 6.45) is 8.72. The molecule has 0 radical (unpaired) electrons. The first kappa shape index (κ1) is 17.8. The molecule has 1 aliphatic carbocycles. The van der Waals surface area contributed by atoms with E-state index in [1.165, 1.54) is 16.7 Å². The van der Waals surface area contributed by atoms with E-state index in [2.05, 4.69) is 37.9 Å². The van der Waals surface area contributed by atoms with Gasteiger partial charge in [-0.2, -0.15) is 0 Å². The van der Waals surface area contributed by atoms with Gasteiger partial charge in [0.05, 0.1) is 0 Å². The Labute approximate surface area is 119 Å². The van der Waals surface area contributed by atoms with E-state index in [9.17, 15) is 0 Å². The smallest absolute Gasteiger partial charge is 0.0470 e. The Kier molecular flexibility index (Phi) is 9.15. The highest BCUT2D eigenvalue weighted by Crippen LogP contribution is 2.29. The molecule has 0 aromatic rings. The SMILES string of the molecule is CC.CC=N/C(=C(/C)CN)C1C=C(C)C=C(C)CC1. The van der Waals surface area contributed by atoms with Crippen molar-refractivity contribution in [2.45, 2.75) is 54.4 Å². The molecule has 0 bridgehead atoms. The molecule has 0 saturated heterocycles.